The average molecular weight is 312 g/mol. The molecule has 0 saturated heterocycles. The quantitative estimate of drug-likeness (QED) is 0.902. The highest BCUT2D eigenvalue weighted by Gasteiger charge is 2.25. The van der Waals surface area contributed by atoms with Crippen LogP contribution in [0.2, 0.25) is 0 Å². The second-order valence-corrected chi connectivity index (χ2v) is 5.98. The minimum absolute atomic E-state index is 0.371. The molecule has 0 aromatic heterocycles. The molecule has 2 atom stereocenters. The molecule has 0 spiro atoms. The molecule has 100 valence electrons. The van der Waals surface area contributed by atoms with E-state index in [9.17, 15) is 0 Å². The fourth-order valence-electron chi connectivity index (χ4n) is 2.78. The topological polar surface area (TPSA) is 35.2 Å². The Morgan fingerprint density at radius 1 is 1.33 bits per heavy atom. The summed E-state index contributed by atoms with van der Waals surface area (Å²) in [7, 11) is 0. The summed E-state index contributed by atoms with van der Waals surface area (Å²) in [4.78, 5) is 0. The number of hydrogen-bond donors (Lipinski definition) is 1. The monoisotopic (exact) mass is 311 g/mol. The van der Waals surface area contributed by atoms with Crippen LogP contribution in [0, 0.1) is 5.92 Å². The zero-order valence-corrected chi connectivity index (χ0v) is 12.6. The zero-order valence-electron chi connectivity index (χ0n) is 11.0. The third-order valence-corrected chi connectivity index (χ3v) is 4.38. The van der Waals surface area contributed by atoms with Crippen molar-refractivity contribution in [3.63, 3.8) is 0 Å². The van der Waals surface area contributed by atoms with Crippen LogP contribution in [0.4, 0.5) is 0 Å². The lowest BCUT2D eigenvalue weighted by Crippen LogP contribution is -2.30. The van der Waals surface area contributed by atoms with E-state index in [-0.39, 0.29) is 0 Å². The van der Waals surface area contributed by atoms with Gasteiger partial charge in [-0.1, -0.05) is 29.3 Å². The summed E-state index contributed by atoms with van der Waals surface area (Å²) in [6.45, 7) is 2.79. The molecule has 0 bridgehead atoms. The molecule has 2 rings (SSSR count). The van der Waals surface area contributed by atoms with Gasteiger partial charge in [0, 0.05) is 16.6 Å². The summed E-state index contributed by atoms with van der Waals surface area (Å²) in [5.74, 6) is 1.67. The SMILES string of the molecule is CCC1CCCCC1Oc1ccc(Br)cc1CN. The molecule has 1 aliphatic carbocycles. The number of rotatable bonds is 4. The molecule has 2 nitrogen and oxygen atoms in total. The normalized spacial score (nSPS) is 23.9. The second kappa shape index (κ2) is 6.58. The predicted octanol–water partition coefficient (Wildman–Crippen LogP) is 4.26. The first-order chi connectivity index (χ1) is 8.74. The number of nitrogens with two attached hydrogens (primary N) is 1. The fourth-order valence-corrected chi connectivity index (χ4v) is 3.19. The largest absolute Gasteiger partial charge is 0.490 e. The van der Waals surface area contributed by atoms with E-state index in [2.05, 4.69) is 28.9 Å². The molecule has 1 aromatic rings. The van der Waals surface area contributed by atoms with Gasteiger partial charge in [0.2, 0.25) is 0 Å². The van der Waals surface area contributed by atoms with E-state index in [1.807, 2.05) is 12.1 Å². The molecule has 1 fully saturated rings. The molecule has 2 unspecified atom stereocenters. The van der Waals surface area contributed by atoms with E-state index >= 15 is 0 Å². The standard InChI is InChI=1S/C15H22BrNO/c1-2-11-5-3-4-6-14(11)18-15-8-7-13(16)9-12(15)10-17/h7-9,11,14H,2-6,10,17H2,1H3. The highest BCUT2D eigenvalue weighted by atomic mass is 79.9. The van der Waals surface area contributed by atoms with Crippen molar-refractivity contribution in [3.05, 3.63) is 28.2 Å². The van der Waals surface area contributed by atoms with Crippen LogP contribution in [0.25, 0.3) is 0 Å². The van der Waals surface area contributed by atoms with Crippen LogP contribution in [0.1, 0.15) is 44.6 Å². The smallest absolute Gasteiger partial charge is 0.124 e. The van der Waals surface area contributed by atoms with E-state index < -0.39 is 0 Å². The Hall–Kier alpha value is -0.540. The molecule has 1 aromatic carbocycles. The van der Waals surface area contributed by atoms with Crippen molar-refractivity contribution in [1.82, 2.24) is 0 Å². The van der Waals surface area contributed by atoms with Crippen LogP contribution in [0.5, 0.6) is 5.75 Å². The highest BCUT2D eigenvalue weighted by Crippen LogP contribution is 2.32. The lowest BCUT2D eigenvalue weighted by Gasteiger charge is -2.31. The van der Waals surface area contributed by atoms with Crippen LogP contribution in [0.15, 0.2) is 22.7 Å². The first-order valence-electron chi connectivity index (χ1n) is 6.89. The number of hydrogen-bond acceptors (Lipinski definition) is 2. The van der Waals surface area contributed by atoms with Gasteiger partial charge in [-0.2, -0.15) is 0 Å². The van der Waals surface area contributed by atoms with E-state index in [0.717, 1.165) is 15.8 Å². The molecule has 0 heterocycles. The first-order valence-corrected chi connectivity index (χ1v) is 7.69. The van der Waals surface area contributed by atoms with E-state index in [1.54, 1.807) is 0 Å². The molecule has 0 aliphatic heterocycles. The van der Waals surface area contributed by atoms with Crippen LogP contribution in [-0.4, -0.2) is 6.10 Å². The molecular weight excluding hydrogens is 290 g/mol. The highest BCUT2D eigenvalue weighted by molar-refractivity contribution is 9.10. The van der Waals surface area contributed by atoms with Gasteiger partial charge in [0.1, 0.15) is 11.9 Å². The Kier molecular flexibility index (Phi) is 5.07. The van der Waals surface area contributed by atoms with Gasteiger partial charge < -0.3 is 10.5 Å². The lowest BCUT2D eigenvalue weighted by atomic mass is 9.84. The van der Waals surface area contributed by atoms with E-state index in [4.69, 9.17) is 10.5 Å². The van der Waals surface area contributed by atoms with Crippen molar-refractivity contribution in [3.8, 4) is 5.75 Å². The number of ether oxygens (including phenoxy) is 1. The van der Waals surface area contributed by atoms with Crippen molar-refractivity contribution < 1.29 is 4.74 Å². The minimum Gasteiger partial charge on any atom is -0.490 e. The van der Waals surface area contributed by atoms with Gasteiger partial charge in [-0.15, -0.1) is 0 Å². The number of benzene rings is 1. The summed E-state index contributed by atoms with van der Waals surface area (Å²) < 4.78 is 7.30. The summed E-state index contributed by atoms with van der Waals surface area (Å²) in [6.07, 6.45) is 6.70. The molecule has 1 saturated carbocycles. The summed E-state index contributed by atoms with van der Waals surface area (Å²) >= 11 is 3.48. The minimum atomic E-state index is 0.371. The Morgan fingerprint density at radius 2 is 2.11 bits per heavy atom. The molecule has 18 heavy (non-hydrogen) atoms. The average Bonchev–Trinajstić information content (AvgIpc) is 2.41. The van der Waals surface area contributed by atoms with Gasteiger partial charge in [-0.3, -0.25) is 0 Å². The Morgan fingerprint density at radius 3 is 2.83 bits per heavy atom. The predicted molar refractivity (Wildman–Crippen MR) is 78.7 cm³/mol. The van der Waals surface area contributed by atoms with Gasteiger partial charge >= 0.3 is 0 Å². The van der Waals surface area contributed by atoms with E-state index in [1.165, 1.54) is 32.1 Å². The Balaban J connectivity index is 2.12. The van der Waals surface area contributed by atoms with Crippen LogP contribution in [-0.2, 0) is 6.54 Å². The van der Waals surface area contributed by atoms with Crippen molar-refractivity contribution in [1.29, 1.82) is 0 Å². The number of halogens is 1. The van der Waals surface area contributed by atoms with Crippen molar-refractivity contribution in [2.75, 3.05) is 0 Å². The second-order valence-electron chi connectivity index (χ2n) is 5.07. The van der Waals surface area contributed by atoms with Gasteiger partial charge in [0.25, 0.3) is 0 Å². The molecule has 0 radical (unpaired) electrons. The first kappa shape index (κ1) is 13.9. The van der Waals surface area contributed by atoms with Crippen LogP contribution < -0.4 is 10.5 Å². The van der Waals surface area contributed by atoms with Gasteiger partial charge in [0.15, 0.2) is 0 Å². The van der Waals surface area contributed by atoms with Crippen molar-refractivity contribution in [2.24, 2.45) is 11.7 Å². The van der Waals surface area contributed by atoms with Gasteiger partial charge in [-0.25, -0.2) is 0 Å². The summed E-state index contributed by atoms with van der Waals surface area (Å²) in [5.41, 5.74) is 6.88. The van der Waals surface area contributed by atoms with Gasteiger partial charge in [-0.05, 0) is 49.8 Å². The van der Waals surface area contributed by atoms with Crippen LogP contribution in [0.3, 0.4) is 0 Å². The Bertz CT molecular complexity index is 394. The fraction of sp³-hybridized carbons (Fsp3) is 0.600. The third kappa shape index (κ3) is 3.27. The Labute approximate surface area is 118 Å². The maximum Gasteiger partial charge on any atom is 0.124 e. The lowest BCUT2D eigenvalue weighted by molar-refractivity contribution is 0.0894. The molecule has 2 N–H and O–H groups in total. The maximum atomic E-state index is 6.24. The molecule has 0 amide bonds. The van der Waals surface area contributed by atoms with Gasteiger partial charge in [0.05, 0.1) is 0 Å². The molecule has 3 heteroatoms. The summed E-state index contributed by atoms with van der Waals surface area (Å²) in [6, 6.07) is 6.12. The van der Waals surface area contributed by atoms with Crippen molar-refractivity contribution in [2.45, 2.75) is 51.7 Å². The maximum absolute atomic E-state index is 6.24. The summed E-state index contributed by atoms with van der Waals surface area (Å²) in [5, 5.41) is 0. The van der Waals surface area contributed by atoms with Crippen molar-refractivity contribution >= 4 is 15.9 Å². The molecular formula is C15H22BrNO. The molecule has 1 aliphatic rings. The van der Waals surface area contributed by atoms with Crippen LogP contribution >= 0.6 is 15.9 Å². The third-order valence-electron chi connectivity index (χ3n) is 3.88. The zero-order chi connectivity index (χ0) is 13.0. The van der Waals surface area contributed by atoms with E-state index in [0.29, 0.717) is 18.6 Å².